The third-order valence-corrected chi connectivity index (χ3v) is 2.30. The van der Waals surface area contributed by atoms with Gasteiger partial charge >= 0.3 is 0 Å². The largest absolute Gasteiger partial charge is 0.494 e. The summed E-state index contributed by atoms with van der Waals surface area (Å²) in [6.45, 7) is 0.299. The van der Waals surface area contributed by atoms with Crippen LogP contribution in [-0.2, 0) is 11.3 Å². The molecule has 0 saturated heterocycles. The van der Waals surface area contributed by atoms with Gasteiger partial charge in [-0.1, -0.05) is 0 Å². The molecule has 2 rings (SSSR count). The van der Waals surface area contributed by atoms with E-state index in [1.165, 1.54) is 0 Å². The van der Waals surface area contributed by atoms with Gasteiger partial charge in [0.1, 0.15) is 23.9 Å². The topological polar surface area (TPSA) is 83.2 Å². The summed E-state index contributed by atoms with van der Waals surface area (Å²) >= 11 is 0. The van der Waals surface area contributed by atoms with Crippen LogP contribution in [0.5, 0.6) is 5.75 Å². The molecule has 0 aliphatic carbocycles. The van der Waals surface area contributed by atoms with Crippen LogP contribution in [0.4, 0.5) is 5.82 Å². The van der Waals surface area contributed by atoms with Gasteiger partial charge in [-0.25, -0.2) is 9.97 Å². The minimum Gasteiger partial charge on any atom is -0.494 e. The molecule has 0 aromatic carbocycles. The SMILES string of the molecule is COCc1nc(N)cc(-c2ncccc2OC)n1. The Morgan fingerprint density at radius 3 is 2.83 bits per heavy atom. The second-order valence-corrected chi connectivity index (χ2v) is 3.58. The Kier molecular flexibility index (Phi) is 3.69. The van der Waals surface area contributed by atoms with E-state index in [-0.39, 0.29) is 0 Å². The lowest BCUT2D eigenvalue weighted by Gasteiger charge is -2.08. The lowest BCUT2D eigenvalue weighted by molar-refractivity contribution is 0.178. The fraction of sp³-hybridized carbons (Fsp3) is 0.250. The van der Waals surface area contributed by atoms with E-state index in [1.807, 2.05) is 6.07 Å². The molecule has 0 aliphatic rings. The smallest absolute Gasteiger partial charge is 0.157 e. The van der Waals surface area contributed by atoms with Crippen LogP contribution in [0.1, 0.15) is 5.82 Å². The van der Waals surface area contributed by atoms with E-state index in [0.717, 1.165) is 0 Å². The van der Waals surface area contributed by atoms with Gasteiger partial charge < -0.3 is 15.2 Å². The zero-order valence-electron chi connectivity index (χ0n) is 10.3. The first kappa shape index (κ1) is 12.3. The zero-order valence-corrected chi connectivity index (χ0v) is 10.3. The quantitative estimate of drug-likeness (QED) is 0.874. The monoisotopic (exact) mass is 246 g/mol. The molecule has 2 heterocycles. The second kappa shape index (κ2) is 5.42. The van der Waals surface area contributed by atoms with Crippen LogP contribution in [0.15, 0.2) is 24.4 Å². The van der Waals surface area contributed by atoms with Crippen LogP contribution in [0.3, 0.4) is 0 Å². The molecule has 6 nitrogen and oxygen atoms in total. The molecule has 2 aromatic heterocycles. The van der Waals surface area contributed by atoms with E-state index in [4.69, 9.17) is 15.2 Å². The molecule has 94 valence electrons. The molecule has 0 unspecified atom stereocenters. The Hall–Kier alpha value is -2.21. The van der Waals surface area contributed by atoms with Crippen LogP contribution >= 0.6 is 0 Å². The fourth-order valence-electron chi connectivity index (χ4n) is 1.58. The van der Waals surface area contributed by atoms with Crippen molar-refractivity contribution >= 4 is 5.82 Å². The molecule has 0 spiro atoms. The predicted molar refractivity (Wildman–Crippen MR) is 66.9 cm³/mol. The molecule has 0 aliphatic heterocycles. The van der Waals surface area contributed by atoms with Crippen LogP contribution in [0.25, 0.3) is 11.4 Å². The van der Waals surface area contributed by atoms with E-state index < -0.39 is 0 Å². The molecule has 0 bridgehead atoms. The van der Waals surface area contributed by atoms with Crippen LogP contribution in [-0.4, -0.2) is 29.2 Å². The number of anilines is 1. The molecule has 0 amide bonds. The van der Waals surface area contributed by atoms with Crippen molar-refractivity contribution in [3.63, 3.8) is 0 Å². The van der Waals surface area contributed by atoms with Crippen molar-refractivity contribution < 1.29 is 9.47 Å². The van der Waals surface area contributed by atoms with E-state index in [1.54, 1.807) is 32.5 Å². The second-order valence-electron chi connectivity index (χ2n) is 3.58. The normalized spacial score (nSPS) is 10.3. The number of methoxy groups -OCH3 is 2. The summed E-state index contributed by atoms with van der Waals surface area (Å²) in [4.78, 5) is 12.7. The standard InChI is InChI=1S/C12H14N4O2/c1-17-7-11-15-8(6-10(13)16-11)12-9(18-2)4-3-5-14-12/h3-6H,7H2,1-2H3,(H2,13,15,16). The fourth-order valence-corrected chi connectivity index (χ4v) is 1.58. The molecule has 0 atom stereocenters. The molecule has 2 aromatic rings. The maximum absolute atomic E-state index is 5.74. The first-order chi connectivity index (χ1) is 8.74. The van der Waals surface area contributed by atoms with Gasteiger partial charge in [-0.3, -0.25) is 4.98 Å². The summed E-state index contributed by atoms with van der Waals surface area (Å²) in [6, 6.07) is 5.27. The van der Waals surface area contributed by atoms with Crippen molar-refractivity contribution in [3.8, 4) is 17.1 Å². The van der Waals surface area contributed by atoms with Crippen molar-refractivity contribution in [2.45, 2.75) is 6.61 Å². The maximum atomic E-state index is 5.74. The summed E-state index contributed by atoms with van der Waals surface area (Å²) in [5.41, 5.74) is 6.99. The number of pyridine rings is 1. The van der Waals surface area contributed by atoms with Crippen molar-refractivity contribution in [2.24, 2.45) is 0 Å². The Bertz CT molecular complexity index is 545. The summed E-state index contributed by atoms with van der Waals surface area (Å²) < 4.78 is 10.2. The van der Waals surface area contributed by atoms with Gasteiger partial charge in [0.25, 0.3) is 0 Å². The van der Waals surface area contributed by atoms with Crippen molar-refractivity contribution in [2.75, 3.05) is 20.0 Å². The first-order valence-electron chi connectivity index (χ1n) is 5.36. The predicted octanol–water partition coefficient (Wildman–Crippen LogP) is 1.28. The minimum atomic E-state index is 0.299. The molecule has 6 heteroatoms. The summed E-state index contributed by atoms with van der Waals surface area (Å²) in [7, 11) is 3.16. The van der Waals surface area contributed by atoms with Crippen LogP contribution in [0.2, 0.25) is 0 Å². The highest BCUT2D eigenvalue weighted by atomic mass is 16.5. The zero-order chi connectivity index (χ0) is 13.0. The van der Waals surface area contributed by atoms with Crippen molar-refractivity contribution in [1.82, 2.24) is 15.0 Å². The molecule has 0 radical (unpaired) electrons. The van der Waals surface area contributed by atoms with E-state index in [2.05, 4.69) is 15.0 Å². The van der Waals surface area contributed by atoms with Gasteiger partial charge in [0, 0.05) is 19.4 Å². The number of hydrogen-bond donors (Lipinski definition) is 1. The Morgan fingerprint density at radius 2 is 2.11 bits per heavy atom. The van der Waals surface area contributed by atoms with E-state index in [0.29, 0.717) is 35.4 Å². The van der Waals surface area contributed by atoms with Crippen LogP contribution in [0, 0.1) is 0 Å². The molecule has 0 saturated carbocycles. The first-order valence-corrected chi connectivity index (χ1v) is 5.36. The minimum absolute atomic E-state index is 0.299. The Labute approximate surface area is 105 Å². The van der Waals surface area contributed by atoms with Crippen molar-refractivity contribution in [1.29, 1.82) is 0 Å². The lowest BCUT2D eigenvalue weighted by atomic mass is 10.2. The van der Waals surface area contributed by atoms with E-state index >= 15 is 0 Å². The lowest BCUT2D eigenvalue weighted by Crippen LogP contribution is -2.03. The van der Waals surface area contributed by atoms with Crippen LogP contribution < -0.4 is 10.5 Å². The third kappa shape index (κ3) is 2.54. The van der Waals surface area contributed by atoms with Gasteiger partial charge in [0.05, 0.1) is 12.8 Å². The summed E-state index contributed by atoms with van der Waals surface area (Å²) in [6.07, 6.45) is 1.67. The molecule has 18 heavy (non-hydrogen) atoms. The number of rotatable bonds is 4. The van der Waals surface area contributed by atoms with Gasteiger partial charge in [-0.15, -0.1) is 0 Å². The Morgan fingerprint density at radius 1 is 1.28 bits per heavy atom. The third-order valence-electron chi connectivity index (χ3n) is 2.30. The van der Waals surface area contributed by atoms with Gasteiger partial charge in [0.2, 0.25) is 0 Å². The highest BCUT2D eigenvalue weighted by Crippen LogP contribution is 2.26. The van der Waals surface area contributed by atoms with Gasteiger partial charge in [0.15, 0.2) is 5.82 Å². The van der Waals surface area contributed by atoms with Crippen molar-refractivity contribution in [3.05, 3.63) is 30.2 Å². The van der Waals surface area contributed by atoms with Gasteiger partial charge in [-0.05, 0) is 12.1 Å². The summed E-state index contributed by atoms with van der Waals surface area (Å²) in [5.74, 6) is 1.53. The number of hydrogen-bond acceptors (Lipinski definition) is 6. The highest BCUT2D eigenvalue weighted by Gasteiger charge is 2.10. The molecular weight excluding hydrogens is 232 g/mol. The van der Waals surface area contributed by atoms with E-state index in [9.17, 15) is 0 Å². The molecule has 2 N–H and O–H groups in total. The average molecular weight is 246 g/mol. The molecule has 0 fully saturated rings. The number of nitrogens with two attached hydrogens (primary N) is 1. The summed E-state index contributed by atoms with van der Waals surface area (Å²) in [5, 5.41) is 0. The highest BCUT2D eigenvalue weighted by molar-refractivity contribution is 5.64. The average Bonchev–Trinajstić information content (AvgIpc) is 2.38. The number of ether oxygens (including phenoxy) is 2. The molecular formula is C12H14N4O2. The van der Waals surface area contributed by atoms with Gasteiger partial charge in [-0.2, -0.15) is 0 Å². The number of aromatic nitrogens is 3. The maximum Gasteiger partial charge on any atom is 0.157 e. The number of nitrogens with zero attached hydrogens (tertiary/aromatic N) is 3. The number of nitrogen functional groups attached to an aromatic ring is 1. The Balaban J connectivity index is 2.49.